The second kappa shape index (κ2) is 5.38. The number of carboxylic acid groups (broad SMARTS) is 2. The number of ketones is 1. The van der Waals surface area contributed by atoms with Crippen LogP contribution in [0.4, 0.5) is 5.69 Å². The second-order valence-corrected chi connectivity index (χ2v) is 3.69. The number of nitrogens with two attached hydrogens (primary N) is 1. The van der Waals surface area contributed by atoms with Crippen LogP contribution in [0.2, 0.25) is 0 Å². The Morgan fingerprint density at radius 1 is 1.21 bits per heavy atom. The zero-order valence-corrected chi connectivity index (χ0v) is 10.4. The number of carboxylic acids is 2. The zero-order chi connectivity index (χ0) is 14.7. The molecular weight excluding hydrogens is 254 g/mol. The Bertz CT molecular complexity index is 564. The number of carbonyl (C=O) groups excluding carboxylic acids is 1. The van der Waals surface area contributed by atoms with Crippen LogP contribution < -0.4 is 10.5 Å². The van der Waals surface area contributed by atoms with E-state index >= 15 is 0 Å². The molecular formula is C12H13NO6. The van der Waals surface area contributed by atoms with E-state index in [9.17, 15) is 14.4 Å². The van der Waals surface area contributed by atoms with Crippen molar-refractivity contribution in [3.8, 4) is 5.75 Å². The van der Waals surface area contributed by atoms with E-state index in [1.54, 1.807) is 6.92 Å². The average Bonchev–Trinajstić information content (AvgIpc) is 2.29. The van der Waals surface area contributed by atoms with Crippen LogP contribution in [0.3, 0.4) is 0 Å². The number of rotatable bonds is 5. The Morgan fingerprint density at radius 2 is 1.79 bits per heavy atom. The monoisotopic (exact) mass is 267 g/mol. The highest BCUT2D eigenvalue weighted by molar-refractivity contribution is 6.10. The van der Waals surface area contributed by atoms with E-state index < -0.39 is 28.8 Å². The first kappa shape index (κ1) is 14.5. The van der Waals surface area contributed by atoms with Crippen molar-refractivity contribution < 1.29 is 29.3 Å². The number of hydrogen-bond acceptors (Lipinski definition) is 5. The van der Waals surface area contributed by atoms with Gasteiger partial charge in [-0.05, 0) is 19.9 Å². The summed E-state index contributed by atoms with van der Waals surface area (Å²) in [6.07, 6.45) is 0. The first-order valence-corrected chi connectivity index (χ1v) is 5.38. The van der Waals surface area contributed by atoms with E-state index in [1.165, 1.54) is 6.92 Å². The molecule has 0 aromatic heterocycles. The van der Waals surface area contributed by atoms with Gasteiger partial charge < -0.3 is 20.7 Å². The predicted molar refractivity (Wildman–Crippen MR) is 65.9 cm³/mol. The lowest BCUT2D eigenvalue weighted by molar-refractivity contribution is 0.0652. The first-order valence-electron chi connectivity index (χ1n) is 5.38. The highest BCUT2D eigenvalue weighted by Crippen LogP contribution is 2.33. The van der Waals surface area contributed by atoms with Crippen LogP contribution in [0.1, 0.15) is 44.9 Å². The van der Waals surface area contributed by atoms with Gasteiger partial charge in [0.05, 0.1) is 23.4 Å². The number of hydrogen-bond donors (Lipinski definition) is 3. The quantitative estimate of drug-likeness (QED) is 0.541. The smallest absolute Gasteiger partial charge is 0.338 e. The molecule has 7 nitrogen and oxygen atoms in total. The molecule has 1 aromatic carbocycles. The van der Waals surface area contributed by atoms with Crippen molar-refractivity contribution in [1.82, 2.24) is 0 Å². The zero-order valence-electron chi connectivity index (χ0n) is 10.4. The molecule has 0 saturated heterocycles. The molecule has 0 aliphatic heterocycles. The molecule has 7 heteroatoms. The molecule has 0 fully saturated rings. The lowest BCUT2D eigenvalue weighted by Crippen LogP contribution is -2.15. The Labute approximate surface area is 108 Å². The summed E-state index contributed by atoms with van der Waals surface area (Å²) in [5, 5.41) is 18.0. The van der Waals surface area contributed by atoms with E-state index in [0.29, 0.717) is 0 Å². The van der Waals surface area contributed by atoms with Crippen LogP contribution in [0.15, 0.2) is 6.07 Å². The summed E-state index contributed by atoms with van der Waals surface area (Å²) in [7, 11) is 0. The second-order valence-electron chi connectivity index (χ2n) is 3.69. The predicted octanol–water partition coefficient (Wildman–Crippen LogP) is 1.27. The Kier molecular flexibility index (Phi) is 4.11. The fourth-order valence-corrected chi connectivity index (χ4v) is 1.65. The maximum atomic E-state index is 11.5. The number of aromatic carboxylic acids is 2. The highest BCUT2D eigenvalue weighted by atomic mass is 16.5. The van der Waals surface area contributed by atoms with Gasteiger partial charge in [-0.1, -0.05) is 0 Å². The molecule has 1 aromatic rings. The number of nitrogen functional groups attached to an aromatic ring is 1. The van der Waals surface area contributed by atoms with Crippen molar-refractivity contribution in [2.45, 2.75) is 13.8 Å². The summed E-state index contributed by atoms with van der Waals surface area (Å²) >= 11 is 0. The number of anilines is 1. The number of benzene rings is 1. The van der Waals surface area contributed by atoms with E-state index in [0.717, 1.165) is 6.07 Å². The number of carbonyl (C=O) groups is 3. The van der Waals surface area contributed by atoms with E-state index in [2.05, 4.69) is 0 Å². The highest BCUT2D eigenvalue weighted by Gasteiger charge is 2.26. The van der Waals surface area contributed by atoms with Gasteiger partial charge >= 0.3 is 11.9 Å². The molecule has 0 aliphatic carbocycles. The van der Waals surface area contributed by atoms with Gasteiger partial charge in [0.1, 0.15) is 5.56 Å². The average molecular weight is 267 g/mol. The molecule has 0 saturated carbocycles. The molecule has 4 N–H and O–H groups in total. The maximum Gasteiger partial charge on any atom is 0.338 e. The molecule has 0 heterocycles. The lowest BCUT2D eigenvalue weighted by atomic mass is 9.98. The van der Waals surface area contributed by atoms with Crippen LogP contribution in [-0.2, 0) is 0 Å². The fraction of sp³-hybridized carbons (Fsp3) is 0.250. The molecule has 1 rings (SSSR count). The molecule has 0 aliphatic rings. The van der Waals surface area contributed by atoms with Crippen LogP contribution in [0, 0.1) is 0 Å². The largest absolute Gasteiger partial charge is 0.491 e. The lowest BCUT2D eigenvalue weighted by Gasteiger charge is -2.15. The summed E-state index contributed by atoms with van der Waals surface area (Å²) in [5.74, 6) is -3.53. The summed E-state index contributed by atoms with van der Waals surface area (Å²) in [6.45, 7) is 3.01. The minimum atomic E-state index is -1.49. The third-order valence-corrected chi connectivity index (χ3v) is 2.43. The van der Waals surface area contributed by atoms with E-state index in [1.807, 2.05) is 0 Å². The Hall–Kier alpha value is -2.57. The van der Waals surface area contributed by atoms with Crippen molar-refractivity contribution in [2.75, 3.05) is 12.3 Å². The van der Waals surface area contributed by atoms with Crippen molar-refractivity contribution >= 4 is 23.4 Å². The first-order chi connectivity index (χ1) is 8.81. The molecule has 102 valence electrons. The van der Waals surface area contributed by atoms with Gasteiger partial charge in [0, 0.05) is 0 Å². The van der Waals surface area contributed by atoms with Gasteiger partial charge in [-0.3, -0.25) is 4.79 Å². The Balaban J connectivity index is 3.74. The van der Waals surface area contributed by atoms with Crippen molar-refractivity contribution in [1.29, 1.82) is 0 Å². The van der Waals surface area contributed by atoms with E-state index in [-0.39, 0.29) is 23.6 Å². The molecule has 0 radical (unpaired) electrons. The third-order valence-electron chi connectivity index (χ3n) is 2.43. The molecule has 19 heavy (non-hydrogen) atoms. The maximum absolute atomic E-state index is 11.5. The minimum Gasteiger partial charge on any atom is -0.491 e. The number of Topliss-reactive ketones (excluding diaryl/α,β-unsaturated/α-hetero) is 1. The number of ether oxygens (including phenoxy) is 1. The SMILES string of the molecule is CCOc1c(C(C)=O)cc(C(=O)O)c(C(=O)O)c1N. The standard InChI is InChI=1S/C12H13NO6/c1-3-19-10-6(5(2)14)4-7(11(15)16)8(9(10)13)12(17)18/h4H,3,13H2,1-2H3,(H,15,16)(H,17,18). The van der Waals surface area contributed by atoms with Crippen molar-refractivity contribution in [2.24, 2.45) is 0 Å². The van der Waals surface area contributed by atoms with Gasteiger partial charge in [0.15, 0.2) is 11.5 Å². The molecule has 0 amide bonds. The van der Waals surface area contributed by atoms with E-state index in [4.69, 9.17) is 20.7 Å². The van der Waals surface area contributed by atoms with Crippen molar-refractivity contribution in [3.63, 3.8) is 0 Å². The molecule has 0 spiro atoms. The van der Waals surface area contributed by atoms with Crippen LogP contribution in [0.5, 0.6) is 5.75 Å². The van der Waals surface area contributed by atoms with Crippen LogP contribution in [0.25, 0.3) is 0 Å². The van der Waals surface area contributed by atoms with Crippen molar-refractivity contribution in [3.05, 3.63) is 22.8 Å². The molecule has 0 bridgehead atoms. The van der Waals surface area contributed by atoms with Gasteiger partial charge in [0.25, 0.3) is 0 Å². The molecule has 0 unspecified atom stereocenters. The summed E-state index contributed by atoms with van der Waals surface area (Å²) in [4.78, 5) is 33.6. The Morgan fingerprint density at radius 3 is 2.16 bits per heavy atom. The normalized spacial score (nSPS) is 10.0. The minimum absolute atomic E-state index is 0.0539. The summed E-state index contributed by atoms with van der Waals surface area (Å²) in [5.41, 5.74) is 4.09. The van der Waals surface area contributed by atoms with Gasteiger partial charge in [-0.2, -0.15) is 0 Å². The topological polar surface area (TPSA) is 127 Å². The van der Waals surface area contributed by atoms with Gasteiger partial charge in [0.2, 0.25) is 0 Å². The third kappa shape index (κ3) is 2.65. The van der Waals surface area contributed by atoms with Gasteiger partial charge in [-0.25, -0.2) is 9.59 Å². The summed E-state index contributed by atoms with van der Waals surface area (Å²) < 4.78 is 5.15. The van der Waals surface area contributed by atoms with Crippen LogP contribution in [-0.4, -0.2) is 34.5 Å². The molecule has 0 atom stereocenters. The fourth-order valence-electron chi connectivity index (χ4n) is 1.65. The van der Waals surface area contributed by atoms with Crippen LogP contribution >= 0.6 is 0 Å². The summed E-state index contributed by atoms with van der Waals surface area (Å²) in [6, 6.07) is 0.968. The van der Waals surface area contributed by atoms with Gasteiger partial charge in [-0.15, -0.1) is 0 Å².